The number of aromatic nitrogens is 1. The number of aldehydes is 1. The lowest BCUT2D eigenvalue weighted by Gasteiger charge is -2.03. The predicted molar refractivity (Wildman–Crippen MR) is 51.8 cm³/mol. The summed E-state index contributed by atoms with van der Waals surface area (Å²) in [5.74, 6) is -0.488. The van der Waals surface area contributed by atoms with Crippen LogP contribution < -0.4 is 0 Å². The van der Waals surface area contributed by atoms with E-state index in [0.717, 1.165) is 11.1 Å². The van der Waals surface area contributed by atoms with Crippen LogP contribution in [0.2, 0.25) is 0 Å². The Labute approximate surface area is 80.4 Å². The number of pyridine rings is 1. The van der Waals surface area contributed by atoms with Gasteiger partial charge in [-0.25, -0.2) is 4.39 Å². The van der Waals surface area contributed by atoms with E-state index in [1.165, 1.54) is 6.07 Å². The van der Waals surface area contributed by atoms with Crippen LogP contribution in [-0.4, -0.2) is 11.3 Å². The molecule has 0 atom stereocenters. The van der Waals surface area contributed by atoms with E-state index in [9.17, 15) is 9.18 Å². The Kier molecular flexibility index (Phi) is 2.00. The highest BCUT2D eigenvalue weighted by molar-refractivity contribution is 5.98. The van der Waals surface area contributed by atoms with Crippen molar-refractivity contribution in [1.29, 1.82) is 0 Å². The molecule has 0 aliphatic rings. The molecule has 0 saturated heterocycles. The van der Waals surface area contributed by atoms with E-state index in [1.807, 2.05) is 6.92 Å². The van der Waals surface area contributed by atoms with Crippen molar-refractivity contribution in [2.24, 2.45) is 0 Å². The minimum atomic E-state index is -0.488. The topological polar surface area (TPSA) is 30.0 Å². The van der Waals surface area contributed by atoms with Crippen LogP contribution in [0.25, 0.3) is 10.8 Å². The van der Waals surface area contributed by atoms with Crippen LogP contribution in [0.3, 0.4) is 0 Å². The van der Waals surface area contributed by atoms with E-state index in [2.05, 4.69) is 4.98 Å². The van der Waals surface area contributed by atoms with Crippen molar-refractivity contribution in [2.45, 2.75) is 6.92 Å². The summed E-state index contributed by atoms with van der Waals surface area (Å²) in [5, 5.41) is 1.43. The van der Waals surface area contributed by atoms with E-state index in [-0.39, 0.29) is 5.56 Å². The fraction of sp³-hybridized carbons (Fsp3) is 0.0909. The number of hydrogen-bond donors (Lipinski definition) is 0. The molecule has 0 aliphatic heterocycles. The Balaban J connectivity index is 2.95. The average Bonchev–Trinajstić information content (AvgIpc) is 2.18. The van der Waals surface area contributed by atoms with Crippen molar-refractivity contribution in [3.05, 3.63) is 41.5 Å². The van der Waals surface area contributed by atoms with Gasteiger partial charge in [0.15, 0.2) is 6.29 Å². The van der Waals surface area contributed by atoms with Gasteiger partial charge in [0.2, 0.25) is 0 Å². The number of fused-ring (bicyclic) bond motifs is 1. The van der Waals surface area contributed by atoms with Gasteiger partial charge in [0.1, 0.15) is 5.82 Å². The first-order valence-electron chi connectivity index (χ1n) is 4.23. The van der Waals surface area contributed by atoms with Crippen LogP contribution in [0.15, 0.2) is 24.4 Å². The van der Waals surface area contributed by atoms with Crippen molar-refractivity contribution in [2.75, 3.05) is 0 Å². The number of carbonyl (C=O) groups is 1. The summed E-state index contributed by atoms with van der Waals surface area (Å²) in [7, 11) is 0. The first kappa shape index (κ1) is 8.81. The van der Waals surface area contributed by atoms with Crippen LogP contribution >= 0.6 is 0 Å². The summed E-state index contributed by atoms with van der Waals surface area (Å²) in [6, 6.07) is 4.58. The van der Waals surface area contributed by atoms with Gasteiger partial charge in [0, 0.05) is 17.3 Å². The van der Waals surface area contributed by atoms with Crippen LogP contribution in [0, 0.1) is 12.7 Å². The molecule has 0 saturated carbocycles. The van der Waals surface area contributed by atoms with Gasteiger partial charge < -0.3 is 0 Å². The Hall–Kier alpha value is -1.77. The molecule has 2 rings (SSSR count). The lowest BCUT2D eigenvalue weighted by atomic mass is 10.0. The Morgan fingerprint density at radius 2 is 2.07 bits per heavy atom. The van der Waals surface area contributed by atoms with Gasteiger partial charge in [0.25, 0.3) is 0 Å². The summed E-state index contributed by atoms with van der Waals surface area (Å²) >= 11 is 0. The monoisotopic (exact) mass is 189 g/mol. The van der Waals surface area contributed by atoms with Gasteiger partial charge in [-0.15, -0.1) is 0 Å². The van der Waals surface area contributed by atoms with Gasteiger partial charge in [-0.05, 0) is 30.5 Å². The second-order valence-electron chi connectivity index (χ2n) is 3.07. The smallest absolute Gasteiger partial charge is 0.153 e. The third kappa shape index (κ3) is 1.18. The molecule has 3 heteroatoms. The van der Waals surface area contributed by atoms with Crippen LogP contribution in [0.1, 0.15) is 16.1 Å². The SMILES string of the molecule is Cc1nccc2c(C=O)c(F)ccc12. The summed E-state index contributed by atoms with van der Waals surface area (Å²) in [5.41, 5.74) is 0.901. The second kappa shape index (κ2) is 3.18. The lowest BCUT2D eigenvalue weighted by molar-refractivity contribution is 0.112. The van der Waals surface area contributed by atoms with Gasteiger partial charge in [-0.1, -0.05) is 0 Å². The Morgan fingerprint density at radius 1 is 1.29 bits per heavy atom. The quantitative estimate of drug-likeness (QED) is 0.645. The molecule has 2 aromatic rings. The molecule has 0 unspecified atom stereocenters. The van der Waals surface area contributed by atoms with E-state index in [4.69, 9.17) is 0 Å². The fourth-order valence-corrected chi connectivity index (χ4v) is 1.52. The molecule has 70 valence electrons. The van der Waals surface area contributed by atoms with E-state index in [0.29, 0.717) is 11.7 Å². The molecule has 0 amide bonds. The minimum Gasteiger partial charge on any atom is -0.298 e. The molecule has 0 fully saturated rings. The number of benzene rings is 1. The van der Waals surface area contributed by atoms with E-state index in [1.54, 1.807) is 18.3 Å². The predicted octanol–water partition coefficient (Wildman–Crippen LogP) is 2.49. The minimum absolute atomic E-state index is 0.105. The van der Waals surface area contributed by atoms with E-state index < -0.39 is 5.82 Å². The third-order valence-electron chi connectivity index (χ3n) is 2.25. The highest BCUT2D eigenvalue weighted by Gasteiger charge is 2.07. The van der Waals surface area contributed by atoms with E-state index >= 15 is 0 Å². The summed E-state index contributed by atoms with van der Waals surface area (Å²) in [4.78, 5) is 14.8. The zero-order valence-electron chi connectivity index (χ0n) is 7.62. The number of hydrogen-bond acceptors (Lipinski definition) is 2. The maximum Gasteiger partial charge on any atom is 0.153 e. The molecular formula is C11H8FNO. The number of carbonyl (C=O) groups excluding carboxylic acids is 1. The first-order valence-corrected chi connectivity index (χ1v) is 4.23. The van der Waals surface area contributed by atoms with Gasteiger partial charge >= 0.3 is 0 Å². The van der Waals surface area contributed by atoms with Crippen molar-refractivity contribution >= 4 is 17.1 Å². The molecular weight excluding hydrogens is 181 g/mol. The molecule has 1 aromatic carbocycles. The molecule has 1 aromatic heterocycles. The standard InChI is InChI=1S/C11H8FNO/c1-7-8-2-3-11(12)10(6-14)9(8)4-5-13-7/h2-6H,1H3. The van der Waals surface area contributed by atoms with Gasteiger partial charge in [0.05, 0.1) is 5.56 Å². The van der Waals surface area contributed by atoms with Crippen molar-refractivity contribution < 1.29 is 9.18 Å². The molecule has 0 N–H and O–H groups in total. The average molecular weight is 189 g/mol. The number of aryl methyl sites for hydroxylation is 1. The molecule has 14 heavy (non-hydrogen) atoms. The van der Waals surface area contributed by atoms with Crippen LogP contribution in [0.4, 0.5) is 4.39 Å². The summed E-state index contributed by atoms with van der Waals surface area (Å²) in [6.45, 7) is 1.83. The fourth-order valence-electron chi connectivity index (χ4n) is 1.52. The third-order valence-corrected chi connectivity index (χ3v) is 2.25. The molecule has 0 radical (unpaired) electrons. The zero-order valence-corrected chi connectivity index (χ0v) is 7.62. The molecule has 0 bridgehead atoms. The highest BCUT2D eigenvalue weighted by atomic mass is 19.1. The zero-order chi connectivity index (χ0) is 10.1. The maximum absolute atomic E-state index is 13.2. The molecule has 0 aliphatic carbocycles. The maximum atomic E-state index is 13.2. The summed E-state index contributed by atoms with van der Waals surface area (Å²) < 4.78 is 13.2. The van der Waals surface area contributed by atoms with Gasteiger partial charge in [-0.3, -0.25) is 9.78 Å². The second-order valence-corrected chi connectivity index (χ2v) is 3.07. The highest BCUT2D eigenvalue weighted by Crippen LogP contribution is 2.21. The van der Waals surface area contributed by atoms with Gasteiger partial charge in [-0.2, -0.15) is 0 Å². The van der Waals surface area contributed by atoms with Crippen LogP contribution in [-0.2, 0) is 0 Å². The van der Waals surface area contributed by atoms with Crippen molar-refractivity contribution in [1.82, 2.24) is 4.98 Å². The number of rotatable bonds is 1. The van der Waals surface area contributed by atoms with Crippen LogP contribution in [0.5, 0.6) is 0 Å². The normalized spacial score (nSPS) is 10.4. The van der Waals surface area contributed by atoms with Crippen molar-refractivity contribution in [3.63, 3.8) is 0 Å². The van der Waals surface area contributed by atoms with Crippen molar-refractivity contribution in [3.8, 4) is 0 Å². The Morgan fingerprint density at radius 3 is 2.79 bits per heavy atom. The first-order chi connectivity index (χ1) is 6.74. The molecule has 2 nitrogen and oxygen atoms in total. The number of nitrogens with zero attached hydrogens (tertiary/aromatic N) is 1. The molecule has 0 spiro atoms. The lowest BCUT2D eigenvalue weighted by Crippen LogP contribution is -1.92. The largest absolute Gasteiger partial charge is 0.298 e. The molecule has 1 heterocycles. The summed E-state index contributed by atoms with van der Waals surface area (Å²) in [6.07, 6.45) is 2.11. The number of halogens is 1. The Bertz CT molecular complexity index is 508.